The molecular formula is C8H17N3O. The third-order valence-corrected chi connectivity index (χ3v) is 2.26. The van der Waals surface area contributed by atoms with E-state index in [-0.39, 0.29) is 0 Å². The largest absolute Gasteiger partial charge is 0.399 e. The average Bonchev–Trinajstić information content (AvgIpc) is 2.52. The molecule has 0 aromatic carbocycles. The van der Waals surface area contributed by atoms with Crippen LogP contribution in [0.4, 0.5) is 0 Å². The fourth-order valence-corrected chi connectivity index (χ4v) is 1.39. The Hall–Kier alpha value is -0.610. The maximum absolute atomic E-state index is 5.56. The SMILES string of the molecule is CON=C1CCN(C(C)CN)C1. The first kappa shape index (κ1) is 9.48. The highest BCUT2D eigenvalue weighted by Crippen LogP contribution is 2.09. The van der Waals surface area contributed by atoms with Crippen LogP contribution in [0.5, 0.6) is 0 Å². The van der Waals surface area contributed by atoms with Gasteiger partial charge in [0.15, 0.2) is 0 Å². The molecule has 0 bridgehead atoms. The Kier molecular flexibility index (Phi) is 3.49. The van der Waals surface area contributed by atoms with E-state index in [9.17, 15) is 0 Å². The highest BCUT2D eigenvalue weighted by Gasteiger charge is 2.21. The quantitative estimate of drug-likeness (QED) is 0.610. The van der Waals surface area contributed by atoms with Gasteiger partial charge in [-0.05, 0) is 6.92 Å². The van der Waals surface area contributed by atoms with Gasteiger partial charge in [-0.25, -0.2) is 0 Å². The predicted octanol–water partition coefficient (Wildman–Crippen LogP) is 0.0417. The molecule has 1 saturated heterocycles. The van der Waals surface area contributed by atoms with Crippen molar-refractivity contribution >= 4 is 5.71 Å². The molecule has 1 unspecified atom stereocenters. The first-order chi connectivity index (χ1) is 5.77. The molecule has 1 heterocycles. The Morgan fingerprint density at radius 1 is 1.75 bits per heavy atom. The lowest BCUT2D eigenvalue weighted by molar-refractivity contribution is 0.211. The fourth-order valence-electron chi connectivity index (χ4n) is 1.39. The van der Waals surface area contributed by atoms with Gasteiger partial charge < -0.3 is 10.6 Å². The Labute approximate surface area is 73.4 Å². The second-order valence-electron chi connectivity index (χ2n) is 3.15. The van der Waals surface area contributed by atoms with E-state index in [1.54, 1.807) is 7.11 Å². The van der Waals surface area contributed by atoms with Gasteiger partial charge in [0, 0.05) is 32.1 Å². The first-order valence-electron chi connectivity index (χ1n) is 4.31. The standard InChI is InChI=1S/C8H17N3O/c1-7(5-9)11-4-3-8(6-11)10-12-2/h7H,3-6,9H2,1-2H3. The van der Waals surface area contributed by atoms with Crippen molar-refractivity contribution in [3.63, 3.8) is 0 Å². The Morgan fingerprint density at radius 2 is 2.50 bits per heavy atom. The number of rotatable bonds is 3. The lowest BCUT2D eigenvalue weighted by Gasteiger charge is -2.20. The monoisotopic (exact) mass is 171 g/mol. The zero-order chi connectivity index (χ0) is 8.97. The summed E-state index contributed by atoms with van der Waals surface area (Å²) in [5.74, 6) is 0. The average molecular weight is 171 g/mol. The topological polar surface area (TPSA) is 50.8 Å². The van der Waals surface area contributed by atoms with Crippen molar-refractivity contribution in [3.8, 4) is 0 Å². The van der Waals surface area contributed by atoms with Crippen LogP contribution in [0.2, 0.25) is 0 Å². The number of likely N-dealkylation sites (tertiary alicyclic amines) is 1. The van der Waals surface area contributed by atoms with Gasteiger partial charge in [-0.3, -0.25) is 4.90 Å². The normalized spacial score (nSPS) is 24.8. The molecule has 0 saturated carbocycles. The molecular weight excluding hydrogens is 154 g/mol. The van der Waals surface area contributed by atoms with Crippen LogP contribution in [-0.2, 0) is 4.84 Å². The van der Waals surface area contributed by atoms with Gasteiger partial charge in [0.2, 0.25) is 0 Å². The molecule has 4 heteroatoms. The van der Waals surface area contributed by atoms with Gasteiger partial charge >= 0.3 is 0 Å². The van der Waals surface area contributed by atoms with Crippen molar-refractivity contribution in [1.82, 2.24) is 4.90 Å². The Morgan fingerprint density at radius 3 is 3.08 bits per heavy atom. The first-order valence-corrected chi connectivity index (χ1v) is 4.31. The van der Waals surface area contributed by atoms with Crippen LogP contribution in [-0.4, -0.2) is 43.4 Å². The third kappa shape index (κ3) is 2.19. The molecule has 1 aliphatic heterocycles. The number of hydrogen-bond donors (Lipinski definition) is 1. The molecule has 1 atom stereocenters. The van der Waals surface area contributed by atoms with Crippen LogP contribution in [0.15, 0.2) is 5.16 Å². The summed E-state index contributed by atoms with van der Waals surface area (Å²) in [4.78, 5) is 7.03. The van der Waals surface area contributed by atoms with Crippen molar-refractivity contribution < 1.29 is 4.84 Å². The molecule has 0 aromatic heterocycles. The van der Waals surface area contributed by atoms with Crippen LogP contribution in [0.1, 0.15) is 13.3 Å². The maximum Gasteiger partial charge on any atom is 0.106 e. The van der Waals surface area contributed by atoms with E-state index in [1.807, 2.05) is 0 Å². The van der Waals surface area contributed by atoms with Crippen molar-refractivity contribution in [1.29, 1.82) is 0 Å². The molecule has 1 fully saturated rings. The molecule has 70 valence electrons. The zero-order valence-electron chi connectivity index (χ0n) is 7.79. The molecule has 1 aliphatic rings. The minimum absolute atomic E-state index is 0.453. The maximum atomic E-state index is 5.56. The molecule has 0 spiro atoms. The van der Waals surface area contributed by atoms with Gasteiger partial charge in [0.25, 0.3) is 0 Å². The van der Waals surface area contributed by atoms with Crippen molar-refractivity contribution in [2.45, 2.75) is 19.4 Å². The van der Waals surface area contributed by atoms with Crippen molar-refractivity contribution in [3.05, 3.63) is 0 Å². The molecule has 0 aromatic rings. The fraction of sp³-hybridized carbons (Fsp3) is 0.875. The van der Waals surface area contributed by atoms with E-state index in [2.05, 4.69) is 17.0 Å². The minimum atomic E-state index is 0.453. The second kappa shape index (κ2) is 4.42. The summed E-state index contributed by atoms with van der Waals surface area (Å²) in [6.07, 6.45) is 1.01. The lowest BCUT2D eigenvalue weighted by atomic mass is 10.3. The summed E-state index contributed by atoms with van der Waals surface area (Å²) in [7, 11) is 1.59. The predicted molar refractivity (Wildman–Crippen MR) is 49.2 cm³/mol. The summed E-state index contributed by atoms with van der Waals surface area (Å²) in [5.41, 5.74) is 6.68. The summed E-state index contributed by atoms with van der Waals surface area (Å²) >= 11 is 0. The van der Waals surface area contributed by atoms with Gasteiger partial charge in [0.1, 0.15) is 7.11 Å². The van der Waals surface area contributed by atoms with Gasteiger partial charge in [-0.1, -0.05) is 5.16 Å². The molecule has 0 aliphatic carbocycles. The molecule has 2 N–H and O–H groups in total. The van der Waals surface area contributed by atoms with Crippen LogP contribution < -0.4 is 5.73 Å². The lowest BCUT2D eigenvalue weighted by Crippen LogP contribution is -2.36. The van der Waals surface area contributed by atoms with Crippen molar-refractivity contribution in [2.75, 3.05) is 26.7 Å². The van der Waals surface area contributed by atoms with E-state index < -0.39 is 0 Å². The van der Waals surface area contributed by atoms with Crippen molar-refractivity contribution in [2.24, 2.45) is 10.9 Å². The van der Waals surface area contributed by atoms with Crippen LogP contribution >= 0.6 is 0 Å². The van der Waals surface area contributed by atoms with Crippen LogP contribution in [0, 0.1) is 0 Å². The van der Waals surface area contributed by atoms with E-state index >= 15 is 0 Å². The van der Waals surface area contributed by atoms with Gasteiger partial charge in [-0.15, -0.1) is 0 Å². The number of nitrogens with zero attached hydrogens (tertiary/aromatic N) is 2. The number of oxime groups is 1. The summed E-state index contributed by atoms with van der Waals surface area (Å²) in [6, 6.07) is 0.453. The van der Waals surface area contributed by atoms with E-state index in [0.717, 1.165) is 25.2 Å². The Bertz CT molecular complexity index is 170. The molecule has 4 nitrogen and oxygen atoms in total. The molecule has 12 heavy (non-hydrogen) atoms. The van der Waals surface area contributed by atoms with Gasteiger partial charge in [0.05, 0.1) is 5.71 Å². The van der Waals surface area contributed by atoms with E-state index in [4.69, 9.17) is 10.6 Å². The summed E-state index contributed by atoms with van der Waals surface area (Å²) in [5, 5.41) is 3.92. The highest BCUT2D eigenvalue weighted by atomic mass is 16.6. The van der Waals surface area contributed by atoms with Gasteiger partial charge in [-0.2, -0.15) is 0 Å². The third-order valence-electron chi connectivity index (χ3n) is 2.26. The summed E-state index contributed by atoms with van der Waals surface area (Å²) < 4.78 is 0. The smallest absolute Gasteiger partial charge is 0.106 e. The Balaban J connectivity index is 2.40. The number of nitrogens with two attached hydrogens (primary N) is 1. The molecule has 0 radical (unpaired) electrons. The molecule has 0 amide bonds. The van der Waals surface area contributed by atoms with E-state index in [1.165, 1.54) is 0 Å². The summed E-state index contributed by atoms with van der Waals surface area (Å²) in [6.45, 7) is 4.81. The second-order valence-corrected chi connectivity index (χ2v) is 3.15. The van der Waals surface area contributed by atoms with Crippen LogP contribution in [0.25, 0.3) is 0 Å². The van der Waals surface area contributed by atoms with Crippen LogP contribution in [0.3, 0.4) is 0 Å². The minimum Gasteiger partial charge on any atom is -0.399 e. The zero-order valence-corrected chi connectivity index (χ0v) is 7.79. The molecule has 1 rings (SSSR count). The van der Waals surface area contributed by atoms with E-state index in [0.29, 0.717) is 12.6 Å². The highest BCUT2D eigenvalue weighted by molar-refractivity contribution is 5.87. The number of hydrogen-bond acceptors (Lipinski definition) is 4.